The van der Waals surface area contributed by atoms with Crippen LogP contribution in [0, 0.1) is 0 Å². The van der Waals surface area contributed by atoms with Gasteiger partial charge in [-0.1, -0.05) is 24.3 Å². The van der Waals surface area contributed by atoms with Crippen molar-refractivity contribution in [2.45, 2.75) is 54.4 Å². The van der Waals surface area contributed by atoms with Gasteiger partial charge in [-0.25, -0.2) is 0 Å². The summed E-state index contributed by atoms with van der Waals surface area (Å²) >= 11 is 0. The summed E-state index contributed by atoms with van der Waals surface area (Å²) in [5, 5.41) is 0. The minimum Gasteiger partial charge on any atom is -0.324 e. The van der Waals surface area contributed by atoms with E-state index in [1.54, 1.807) is 0 Å². The van der Waals surface area contributed by atoms with Gasteiger partial charge in [0.15, 0.2) is 0 Å². The Balaban J connectivity index is 2.60. The summed E-state index contributed by atoms with van der Waals surface area (Å²) in [5.74, 6) is 0. The third-order valence-corrected chi connectivity index (χ3v) is 6.80. The van der Waals surface area contributed by atoms with Crippen molar-refractivity contribution in [3.63, 3.8) is 0 Å². The first-order valence-electron chi connectivity index (χ1n) is 10.3. The number of rotatable bonds is 12. The highest BCUT2D eigenvalue weighted by atomic mass is 15.3. The molecule has 0 radical (unpaired) electrons. The number of quaternary nitrogens is 2. The molecule has 0 aliphatic heterocycles. The van der Waals surface area contributed by atoms with Crippen LogP contribution in [0.2, 0.25) is 0 Å². The Morgan fingerprint density at radius 2 is 0.750 bits per heavy atom. The van der Waals surface area contributed by atoms with E-state index in [0.717, 1.165) is 0 Å². The normalized spacial score (nSPS) is 12.6. The van der Waals surface area contributed by atoms with Gasteiger partial charge in [-0.2, -0.15) is 0 Å². The third-order valence-electron chi connectivity index (χ3n) is 6.80. The van der Waals surface area contributed by atoms with E-state index >= 15 is 0 Å². The number of benzene rings is 1. The molecule has 1 rings (SSSR count). The molecular weight excluding hydrogens is 292 g/mol. The number of hydrogen-bond donors (Lipinski definition) is 0. The largest absolute Gasteiger partial charge is 0.324 e. The molecule has 0 saturated carbocycles. The molecule has 0 saturated heterocycles. The second kappa shape index (κ2) is 10.2. The molecule has 1 aromatic rings. The van der Waals surface area contributed by atoms with Crippen molar-refractivity contribution in [1.82, 2.24) is 0 Å². The molecule has 0 aliphatic carbocycles. The van der Waals surface area contributed by atoms with E-state index in [4.69, 9.17) is 0 Å². The van der Waals surface area contributed by atoms with Crippen molar-refractivity contribution in [2.75, 3.05) is 52.4 Å². The van der Waals surface area contributed by atoms with Gasteiger partial charge < -0.3 is 8.97 Å². The first-order valence-corrected chi connectivity index (χ1v) is 10.3. The van der Waals surface area contributed by atoms with Gasteiger partial charge in [0.1, 0.15) is 0 Å². The van der Waals surface area contributed by atoms with Crippen molar-refractivity contribution in [3.05, 3.63) is 35.4 Å². The second-order valence-corrected chi connectivity index (χ2v) is 7.34. The smallest absolute Gasteiger partial charge is 0.0827 e. The topological polar surface area (TPSA) is 0 Å². The molecule has 2 nitrogen and oxygen atoms in total. The standard InChI is InChI=1S/C22H42N2/c1-7-23(8-2,9-3)19-17-21-13-15-22(16-14-21)18-20-24(10-4,11-5)12-6/h13-16H,7-12,17-20H2,1-6H3/q+2. The lowest BCUT2D eigenvalue weighted by Crippen LogP contribution is -2.48. The molecule has 138 valence electrons. The van der Waals surface area contributed by atoms with Crippen molar-refractivity contribution in [1.29, 1.82) is 0 Å². The van der Waals surface area contributed by atoms with Crippen LogP contribution in [0.15, 0.2) is 24.3 Å². The van der Waals surface area contributed by atoms with Gasteiger partial charge in [0.2, 0.25) is 0 Å². The van der Waals surface area contributed by atoms with Crippen LogP contribution in [0.1, 0.15) is 52.7 Å². The van der Waals surface area contributed by atoms with Crippen LogP contribution >= 0.6 is 0 Å². The molecular formula is C22H42N2+2. The Bertz CT molecular complexity index is 382. The predicted octanol–water partition coefficient (Wildman–Crippen LogP) is 4.52. The molecule has 0 amide bonds. The van der Waals surface area contributed by atoms with E-state index < -0.39 is 0 Å². The van der Waals surface area contributed by atoms with Crippen LogP contribution in [0.5, 0.6) is 0 Å². The van der Waals surface area contributed by atoms with Crippen LogP contribution in [0.25, 0.3) is 0 Å². The average molecular weight is 335 g/mol. The van der Waals surface area contributed by atoms with Crippen molar-refractivity contribution in [3.8, 4) is 0 Å². The first kappa shape index (κ1) is 21.2. The molecule has 0 aliphatic rings. The van der Waals surface area contributed by atoms with Crippen LogP contribution < -0.4 is 0 Å². The summed E-state index contributed by atoms with van der Waals surface area (Å²) in [5.41, 5.74) is 3.00. The fourth-order valence-electron chi connectivity index (χ4n) is 3.90. The summed E-state index contributed by atoms with van der Waals surface area (Å²) in [4.78, 5) is 0. The average Bonchev–Trinajstić information content (AvgIpc) is 2.66. The zero-order valence-electron chi connectivity index (χ0n) is 17.3. The Hall–Kier alpha value is -0.860. The van der Waals surface area contributed by atoms with Gasteiger partial charge in [-0.3, -0.25) is 0 Å². The maximum atomic E-state index is 2.36. The first-order chi connectivity index (χ1) is 11.5. The maximum Gasteiger partial charge on any atom is 0.0827 e. The molecule has 0 bridgehead atoms. The highest BCUT2D eigenvalue weighted by Crippen LogP contribution is 2.13. The Labute approximate surface area is 151 Å². The molecule has 0 unspecified atom stereocenters. The lowest BCUT2D eigenvalue weighted by Gasteiger charge is -2.36. The number of likely N-dealkylation sites (N-methyl/N-ethyl adjacent to an activating group) is 2. The van der Waals surface area contributed by atoms with Gasteiger partial charge in [-0.15, -0.1) is 0 Å². The highest BCUT2D eigenvalue weighted by molar-refractivity contribution is 5.22. The quantitative estimate of drug-likeness (QED) is 0.493. The maximum absolute atomic E-state index is 2.36. The zero-order chi connectivity index (χ0) is 18.1. The van der Waals surface area contributed by atoms with E-state index in [0.29, 0.717) is 0 Å². The number of nitrogens with zero attached hydrogens (tertiary/aromatic N) is 2. The monoisotopic (exact) mass is 334 g/mol. The van der Waals surface area contributed by atoms with Gasteiger partial charge in [-0.05, 0) is 52.7 Å². The predicted molar refractivity (Wildman–Crippen MR) is 107 cm³/mol. The molecule has 24 heavy (non-hydrogen) atoms. The SMILES string of the molecule is CC[N+](CC)(CC)CCc1ccc(CC[N+](CC)(CC)CC)cc1. The van der Waals surface area contributed by atoms with Crippen LogP contribution in [-0.4, -0.2) is 61.3 Å². The summed E-state index contributed by atoms with van der Waals surface area (Å²) < 4.78 is 2.48. The zero-order valence-corrected chi connectivity index (χ0v) is 17.3. The minimum atomic E-state index is 1.20. The number of hydrogen-bond acceptors (Lipinski definition) is 0. The van der Waals surface area contributed by atoms with E-state index in [9.17, 15) is 0 Å². The molecule has 1 aromatic carbocycles. The Morgan fingerprint density at radius 3 is 0.958 bits per heavy atom. The van der Waals surface area contributed by atoms with E-state index in [-0.39, 0.29) is 0 Å². The molecule has 0 atom stereocenters. The molecule has 2 heteroatoms. The van der Waals surface area contributed by atoms with Crippen molar-refractivity contribution in [2.24, 2.45) is 0 Å². The molecule has 0 heterocycles. The molecule has 0 spiro atoms. The van der Waals surface area contributed by atoms with E-state index in [1.807, 2.05) is 0 Å². The second-order valence-electron chi connectivity index (χ2n) is 7.34. The lowest BCUT2D eigenvalue weighted by atomic mass is 10.1. The Morgan fingerprint density at radius 1 is 0.500 bits per heavy atom. The summed E-state index contributed by atoms with van der Waals surface area (Å²) in [6.07, 6.45) is 2.41. The highest BCUT2D eigenvalue weighted by Gasteiger charge is 2.21. The van der Waals surface area contributed by atoms with Gasteiger partial charge in [0.25, 0.3) is 0 Å². The van der Waals surface area contributed by atoms with Crippen LogP contribution in [0.3, 0.4) is 0 Å². The summed E-state index contributed by atoms with van der Waals surface area (Å²) in [7, 11) is 0. The fraction of sp³-hybridized carbons (Fsp3) is 0.727. The van der Waals surface area contributed by atoms with Crippen LogP contribution in [0.4, 0.5) is 0 Å². The summed E-state index contributed by atoms with van der Waals surface area (Å²) in [6, 6.07) is 9.46. The minimum absolute atomic E-state index is 1.20. The molecule has 0 aromatic heterocycles. The Kier molecular flexibility index (Phi) is 9.01. The molecule has 0 fully saturated rings. The fourth-order valence-corrected chi connectivity index (χ4v) is 3.90. The van der Waals surface area contributed by atoms with Gasteiger partial charge in [0.05, 0.1) is 52.4 Å². The van der Waals surface area contributed by atoms with Gasteiger partial charge >= 0.3 is 0 Å². The third kappa shape index (κ3) is 5.60. The van der Waals surface area contributed by atoms with Crippen molar-refractivity contribution >= 4 is 0 Å². The molecule has 0 N–H and O–H groups in total. The lowest BCUT2D eigenvalue weighted by molar-refractivity contribution is -0.923. The van der Waals surface area contributed by atoms with E-state index in [1.165, 1.54) is 85.3 Å². The van der Waals surface area contributed by atoms with E-state index in [2.05, 4.69) is 65.8 Å². The van der Waals surface area contributed by atoms with Crippen LogP contribution in [-0.2, 0) is 12.8 Å². The summed E-state index contributed by atoms with van der Waals surface area (Å²) in [6.45, 7) is 24.0. The van der Waals surface area contributed by atoms with Crippen molar-refractivity contribution < 1.29 is 8.97 Å². The van der Waals surface area contributed by atoms with Gasteiger partial charge in [0, 0.05) is 12.8 Å².